The number of aliphatic carboxylic acids is 1. The van der Waals surface area contributed by atoms with Crippen LogP contribution < -0.4 is 10.2 Å². The summed E-state index contributed by atoms with van der Waals surface area (Å²) in [6.45, 7) is 5.82. The van der Waals surface area contributed by atoms with Crippen molar-refractivity contribution in [1.82, 2.24) is 10.2 Å². The molecule has 2 amide bonds. The van der Waals surface area contributed by atoms with Crippen molar-refractivity contribution in [2.45, 2.75) is 77.0 Å². The molecule has 218 valence electrons. The van der Waals surface area contributed by atoms with Crippen LogP contribution in [0.1, 0.15) is 64.0 Å². The zero-order chi connectivity index (χ0) is 29.2. The van der Waals surface area contributed by atoms with Crippen molar-refractivity contribution in [3.8, 4) is 0 Å². The Morgan fingerprint density at radius 2 is 1.82 bits per heavy atom. The van der Waals surface area contributed by atoms with Gasteiger partial charge in [-0.25, -0.2) is 9.59 Å². The number of hydrogen-bond donors (Lipinski definition) is 2. The van der Waals surface area contributed by atoms with E-state index in [4.69, 9.17) is 9.47 Å². The number of amides is 2. The first-order valence-corrected chi connectivity index (χ1v) is 14.1. The lowest BCUT2D eigenvalue weighted by atomic mass is 9.85. The third-order valence-corrected chi connectivity index (χ3v) is 8.28. The molecule has 0 spiro atoms. The third kappa shape index (κ3) is 6.04. The first-order chi connectivity index (χ1) is 18.9. The van der Waals surface area contributed by atoms with E-state index in [9.17, 15) is 19.5 Å². The molecule has 2 N–H and O–H groups in total. The Morgan fingerprint density at radius 3 is 2.48 bits per heavy atom. The van der Waals surface area contributed by atoms with Gasteiger partial charge in [-0.2, -0.15) is 0 Å². The number of carbonyl (C=O) groups excluding carboxylic acids is 2. The predicted octanol–water partition coefficient (Wildman–Crippen LogP) is 4.69. The fourth-order valence-corrected chi connectivity index (χ4v) is 5.94. The number of anilines is 1. The summed E-state index contributed by atoms with van der Waals surface area (Å²) in [6.07, 6.45) is 4.02. The standard InChI is InChI=1S/C31H43N3O6/c1-30(2,3)26-27(35)34-19-31(39-6,18-25(34)28(36)37)23-13-12-20-17-24(33(4)5)21(15-22(20)16-23)11-9-7-8-10-14-40-29(38)32-26/h12-13,15-17,25-26H,7-11,14,18-19H2,1-6H3,(H,32,38)(H,36,37)/t25-,26+,31-/m0/s1. The fourth-order valence-electron chi connectivity index (χ4n) is 5.94. The molecule has 9 heteroatoms. The molecule has 9 nitrogen and oxygen atoms in total. The molecular weight excluding hydrogens is 510 g/mol. The molecule has 2 aliphatic heterocycles. The van der Waals surface area contributed by atoms with Crippen molar-refractivity contribution in [3.63, 3.8) is 0 Å². The molecule has 1 saturated heterocycles. The van der Waals surface area contributed by atoms with Gasteiger partial charge in [0.1, 0.15) is 17.7 Å². The van der Waals surface area contributed by atoms with Gasteiger partial charge in [-0.15, -0.1) is 0 Å². The topological polar surface area (TPSA) is 108 Å². The number of rotatable bonds is 3. The quantitative estimate of drug-likeness (QED) is 0.568. The molecule has 5 bridgehead atoms. The Morgan fingerprint density at radius 1 is 1.10 bits per heavy atom. The van der Waals surface area contributed by atoms with Gasteiger partial charge in [0.25, 0.3) is 0 Å². The number of nitrogens with one attached hydrogen (secondary N) is 1. The second-order valence-electron chi connectivity index (χ2n) is 12.4. The first-order valence-electron chi connectivity index (χ1n) is 14.1. The van der Waals surface area contributed by atoms with Crippen LogP contribution in [0.3, 0.4) is 0 Å². The van der Waals surface area contributed by atoms with Crippen LogP contribution in [0.5, 0.6) is 0 Å². The second-order valence-corrected chi connectivity index (χ2v) is 12.4. The van der Waals surface area contributed by atoms with E-state index in [-0.39, 0.29) is 19.6 Å². The molecule has 2 aromatic rings. The Labute approximate surface area is 236 Å². The Balaban J connectivity index is 1.82. The highest BCUT2D eigenvalue weighted by atomic mass is 16.5. The normalized spacial score (nSPS) is 24.8. The summed E-state index contributed by atoms with van der Waals surface area (Å²) in [7, 11) is 5.65. The summed E-state index contributed by atoms with van der Waals surface area (Å²) in [6, 6.07) is 8.42. The van der Waals surface area contributed by atoms with E-state index >= 15 is 0 Å². The minimum atomic E-state index is -1.11. The Bertz CT molecular complexity index is 1270. The molecule has 0 saturated carbocycles. The van der Waals surface area contributed by atoms with Crippen LogP contribution in [-0.2, 0) is 31.1 Å². The minimum absolute atomic E-state index is 0.0523. The number of aryl methyl sites for hydroxylation is 1. The highest BCUT2D eigenvalue weighted by Crippen LogP contribution is 2.42. The lowest BCUT2D eigenvalue weighted by Crippen LogP contribution is -2.57. The van der Waals surface area contributed by atoms with E-state index in [1.54, 1.807) is 7.11 Å². The number of carbonyl (C=O) groups is 3. The van der Waals surface area contributed by atoms with Crippen molar-refractivity contribution < 1.29 is 29.0 Å². The van der Waals surface area contributed by atoms with Gasteiger partial charge in [0.2, 0.25) is 5.91 Å². The summed E-state index contributed by atoms with van der Waals surface area (Å²) in [4.78, 5) is 42.6. The van der Waals surface area contributed by atoms with Gasteiger partial charge in [-0.3, -0.25) is 4.79 Å². The van der Waals surface area contributed by atoms with Crippen LogP contribution in [0.2, 0.25) is 0 Å². The number of methoxy groups -OCH3 is 1. The van der Waals surface area contributed by atoms with Gasteiger partial charge in [0, 0.05) is 33.3 Å². The van der Waals surface area contributed by atoms with Crippen molar-refractivity contribution in [3.05, 3.63) is 41.5 Å². The van der Waals surface area contributed by atoms with Crippen LogP contribution in [0.4, 0.5) is 10.5 Å². The minimum Gasteiger partial charge on any atom is -0.480 e. The van der Waals surface area contributed by atoms with E-state index in [2.05, 4.69) is 28.4 Å². The maximum absolute atomic E-state index is 14.0. The van der Waals surface area contributed by atoms with Gasteiger partial charge >= 0.3 is 12.1 Å². The fraction of sp³-hybridized carbons (Fsp3) is 0.581. The number of fused-ring (bicyclic) bond motifs is 5. The second kappa shape index (κ2) is 11.6. The number of carboxylic acids is 1. The van der Waals surface area contributed by atoms with E-state index in [1.165, 1.54) is 16.2 Å². The zero-order valence-electron chi connectivity index (χ0n) is 24.6. The van der Waals surface area contributed by atoms with Crippen molar-refractivity contribution >= 4 is 34.4 Å². The van der Waals surface area contributed by atoms with Gasteiger partial charge in [0.05, 0.1) is 13.2 Å². The van der Waals surface area contributed by atoms with Crippen LogP contribution in [-0.4, -0.2) is 74.4 Å². The number of benzene rings is 2. The van der Waals surface area contributed by atoms with Crippen molar-refractivity contribution in [2.75, 3.05) is 39.3 Å². The van der Waals surface area contributed by atoms with E-state index < -0.39 is 41.1 Å². The van der Waals surface area contributed by atoms with Crippen LogP contribution >= 0.6 is 0 Å². The third-order valence-electron chi connectivity index (χ3n) is 8.28. The molecule has 0 aliphatic carbocycles. The van der Waals surface area contributed by atoms with Crippen LogP contribution in [0.25, 0.3) is 10.8 Å². The van der Waals surface area contributed by atoms with E-state index in [1.807, 2.05) is 47.0 Å². The van der Waals surface area contributed by atoms with Crippen molar-refractivity contribution in [1.29, 1.82) is 0 Å². The summed E-state index contributed by atoms with van der Waals surface area (Å²) < 4.78 is 11.5. The molecule has 1 fully saturated rings. The largest absolute Gasteiger partial charge is 0.480 e. The van der Waals surface area contributed by atoms with Crippen LogP contribution in [0, 0.1) is 5.41 Å². The molecule has 0 unspecified atom stereocenters. The Kier molecular flexibility index (Phi) is 8.63. The number of carboxylic acid groups (broad SMARTS) is 1. The highest BCUT2D eigenvalue weighted by Gasteiger charge is 2.52. The molecule has 0 radical (unpaired) electrons. The SMILES string of the molecule is CO[C@@]12C[C@@H](C(=O)O)N(C1)C(=O)[C@H](C(C)(C)C)NC(=O)OCCCCCCc1cc3cc2ccc3cc1N(C)C. The van der Waals surface area contributed by atoms with E-state index in [0.717, 1.165) is 48.4 Å². The predicted molar refractivity (Wildman–Crippen MR) is 155 cm³/mol. The number of alkyl carbamates (subject to hydrolysis) is 1. The molecule has 2 heterocycles. The van der Waals surface area contributed by atoms with Crippen molar-refractivity contribution in [2.24, 2.45) is 5.41 Å². The highest BCUT2D eigenvalue weighted by molar-refractivity contribution is 5.91. The van der Waals surface area contributed by atoms with Gasteiger partial charge in [-0.1, -0.05) is 45.7 Å². The number of hydrogen-bond acceptors (Lipinski definition) is 6. The van der Waals surface area contributed by atoms with Gasteiger partial charge in [0.15, 0.2) is 0 Å². The molecule has 2 aromatic carbocycles. The first kappa shape index (κ1) is 29.6. The molecule has 40 heavy (non-hydrogen) atoms. The monoisotopic (exact) mass is 553 g/mol. The zero-order valence-corrected chi connectivity index (χ0v) is 24.6. The number of cyclic esters (lactones) is 1. The van der Waals surface area contributed by atoms with E-state index in [0.29, 0.717) is 0 Å². The lowest BCUT2D eigenvalue weighted by molar-refractivity contribution is -0.150. The van der Waals surface area contributed by atoms with Crippen LogP contribution in [0.15, 0.2) is 30.3 Å². The lowest BCUT2D eigenvalue weighted by Gasteiger charge is -2.35. The maximum atomic E-state index is 14.0. The number of nitrogens with zero attached hydrogens (tertiary/aromatic N) is 2. The summed E-state index contributed by atoms with van der Waals surface area (Å²) >= 11 is 0. The van der Waals surface area contributed by atoms with Gasteiger partial charge < -0.3 is 29.7 Å². The molecular formula is C31H43N3O6. The summed E-state index contributed by atoms with van der Waals surface area (Å²) in [5.74, 6) is -1.57. The van der Waals surface area contributed by atoms with Gasteiger partial charge in [-0.05, 0) is 64.8 Å². The Hall–Kier alpha value is -3.33. The molecule has 3 atom stereocenters. The number of ether oxygens (including phenoxy) is 2. The molecule has 4 rings (SSSR count). The molecule has 2 aliphatic rings. The average molecular weight is 554 g/mol. The summed E-state index contributed by atoms with van der Waals surface area (Å²) in [5.41, 5.74) is 1.54. The maximum Gasteiger partial charge on any atom is 0.407 e. The average Bonchev–Trinajstić information content (AvgIpc) is 3.30. The summed E-state index contributed by atoms with van der Waals surface area (Å²) in [5, 5.41) is 15.0. The molecule has 0 aromatic heterocycles. The smallest absolute Gasteiger partial charge is 0.407 e.